The molecule has 1 aliphatic rings. The van der Waals surface area contributed by atoms with Gasteiger partial charge in [-0.1, -0.05) is 19.8 Å². The van der Waals surface area contributed by atoms with Gasteiger partial charge in [-0.2, -0.15) is 0 Å². The van der Waals surface area contributed by atoms with Gasteiger partial charge in [-0.3, -0.25) is 4.99 Å². The van der Waals surface area contributed by atoms with Crippen LogP contribution in [0.3, 0.4) is 0 Å². The molecule has 23 heavy (non-hydrogen) atoms. The fraction of sp³-hybridized carbons (Fsp3) is 0.632. The minimum atomic E-state index is -0.459. The molecule has 0 saturated heterocycles. The third-order valence-electron chi connectivity index (χ3n) is 4.02. The van der Waals surface area contributed by atoms with Crippen LogP contribution in [0.4, 0.5) is 0 Å². The van der Waals surface area contributed by atoms with Gasteiger partial charge in [0.1, 0.15) is 5.75 Å². The molecule has 0 spiro atoms. The van der Waals surface area contributed by atoms with Crippen LogP contribution in [0, 0.1) is 0 Å². The molecule has 1 aromatic rings. The molecule has 1 aliphatic heterocycles. The number of aliphatic imine (C=N–C) groups is 1. The van der Waals surface area contributed by atoms with Crippen molar-refractivity contribution in [1.82, 2.24) is 0 Å². The highest BCUT2D eigenvalue weighted by atomic mass is 32.2. The minimum absolute atomic E-state index is 0.0546. The molecule has 1 unspecified atom stereocenters. The number of nitrogens with zero attached hydrogens (tertiary/aromatic N) is 1. The van der Waals surface area contributed by atoms with Crippen molar-refractivity contribution in [3.05, 3.63) is 23.3 Å². The molecule has 0 bridgehead atoms. The van der Waals surface area contributed by atoms with Crippen molar-refractivity contribution in [3.63, 3.8) is 0 Å². The Morgan fingerprint density at radius 3 is 2.70 bits per heavy atom. The Labute approximate surface area is 144 Å². The topological polar surface area (TPSA) is 52.8 Å². The third-order valence-corrected chi connectivity index (χ3v) is 5.26. The number of fused-ring (bicyclic) bond motifs is 1. The Morgan fingerprint density at radius 1 is 1.30 bits per heavy atom. The Hall–Kier alpha value is -1.00. The van der Waals surface area contributed by atoms with E-state index < -0.39 is 6.10 Å². The second kappa shape index (κ2) is 7.71. The number of aliphatic hydroxyl groups excluding tert-OH is 1. The molecule has 2 N–H and O–H groups in total. The van der Waals surface area contributed by atoms with E-state index in [1.807, 2.05) is 17.8 Å². The molecule has 0 aromatic heterocycles. The number of thioether (sulfide) groups is 1. The number of hydrogen-bond donors (Lipinski definition) is 2. The van der Waals surface area contributed by atoms with Gasteiger partial charge >= 0.3 is 0 Å². The molecular formula is C19H29NO2S. The fourth-order valence-corrected chi connectivity index (χ4v) is 4.29. The summed E-state index contributed by atoms with van der Waals surface area (Å²) in [5.41, 5.74) is 2.99. The maximum absolute atomic E-state index is 10.5. The molecule has 0 amide bonds. The summed E-state index contributed by atoms with van der Waals surface area (Å²) in [4.78, 5) is 5.70. The highest BCUT2D eigenvalue weighted by molar-refractivity contribution is 8.00. The summed E-state index contributed by atoms with van der Waals surface area (Å²) in [6.07, 6.45) is 4.94. The van der Waals surface area contributed by atoms with E-state index in [1.165, 1.54) is 18.4 Å². The van der Waals surface area contributed by atoms with Crippen LogP contribution in [0.15, 0.2) is 22.0 Å². The number of hydrogen-bond acceptors (Lipinski definition) is 4. The van der Waals surface area contributed by atoms with Gasteiger partial charge in [0.05, 0.1) is 18.2 Å². The Kier molecular flexibility index (Phi) is 6.15. The van der Waals surface area contributed by atoms with E-state index >= 15 is 0 Å². The first-order chi connectivity index (χ1) is 10.8. The van der Waals surface area contributed by atoms with Crippen molar-refractivity contribution in [2.75, 3.05) is 6.54 Å². The van der Waals surface area contributed by atoms with Gasteiger partial charge < -0.3 is 10.2 Å². The van der Waals surface area contributed by atoms with Crippen LogP contribution in [-0.2, 0) is 6.42 Å². The number of rotatable bonds is 6. The monoisotopic (exact) mass is 335 g/mol. The fourth-order valence-electron chi connectivity index (χ4n) is 2.95. The van der Waals surface area contributed by atoms with E-state index in [-0.39, 0.29) is 4.75 Å². The van der Waals surface area contributed by atoms with Crippen molar-refractivity contribution in [3.8, 4) is 5.75 Å². The second-order valence-corrected chi connectivity index (χ2v) is 8.87. The number of unbranched alkanes of at least 4 members (excludes halogenated alkanes) is 2. The van der Waals surface area contributed by atoms with E-state index in [2.05, 4.69) is 31.8 Å². The van der Waals surface area contributed by atoms with Gasteiger partial charge in [0, 0.05) is 21.8 Å². The third kappa shape index (κ3) is 4.98. The maximum atomic E-state index is 10.5. The molecule has 0 saturated carbocycles. The normalized spacial score (nSPS) is 19.6. The van der Waals surface area contributed by atoms with Gasteiger partial charge in [-0.05, 0) is 51.3 Å². The largest absolute Gasteiger partial charge is 0.507 e. The van der Waals surface area contributed by atoms with Gasteiger partial charge in [0.15, 0.2) is 0 Å². The van der Waals surface area contributed by atoms with Gasteiger partial charge in [-0.25, -0.2) is 0 Å². The molecule has 2 rings (SSSR count). The predicted octanol–water partition coefficient (Wildman–Crippen LogP) is 4.57. The van der Waals surface area contributed by atoms with Crippen LogP contribution >= 0.6 is 11.8 Å². The van der Waals surface area contributed by atoms with Crippen LogP contribution in [0.25, 0.3) is 0 Å². The van der Waals surface area contributed by atoms with E-state index in [0.29, 0.717) is 12.3 Å². The summed E-state index contributed by atoms with van der Waals surface area (Å²) < 4.78 is 0.0546. The zero-order chi connectivity index (χ0) is 17.0. The number of aliphatic hydroxyl groups is 1. The number of aryl methyl sites for hydroxylation is 1. The van der Waals surface area contributed by atoms with Crippen LogP contribution in [0.5, 0.6) is 5.75 Å². The lowest BCUT2D eigenvalue weighted by atomic mass is 9.95. The molecule has 4 heteroatoms. The Bertz CT molecular complexity index is 579. The summed E-state index contributed by atoms with van der Waals surface area (Å²) in [6.45, 7) is 8.74. The number of phenolic OH excluding ortho intramolecular Hbond substituents is 1. The van der Waals surface area contributed by atoms with Gasteiger partial charge in [0.25, 0.3) is 0 Å². The number of phenols is 1. The summed E-state index contributed by atoms with van der Waals surface area (Å²) in [6, 6.07) is 4.11. The molecule has 1 atom stereocenters. The quantitative estimate of drug-likeness (QED) is 0.749. The lowest BCUT2D eigenvalue weighted by Gasteiger charge is -2.32. The highest BCUT2D eigenvalue weighted by Crippen LogP contribution is 2.46. The first kappa shape index (κ1) is 18.3. The summed E-state index contributed by atoms with van der Waals surface area (Å²) in [5.74, 6) is 0.335. The minimum Gasteiger partial charge on any atom is -0.507 e. The molecule has 1 heterocycles. The average Bonchev–Trinajstić information content (AvgIpc) is 2.43. The molecule has 1 aromatic carbocycles. The number of aromatic hydroxyl groups is 1. The zero-order valence-electron chi connectivity index (χ0n) is 14.7. The second-order valence-electron chi connectivity index (χ2n) is 7.12. The van der Waals surface area contributed by atoms with Crippen molar-refractivity contribution in [2.24, 2.45) is 4.99 Å². The smallest absolute Gasteiger partial charge is 0.126 e. The Morgan fingerprint density at radius 2 is 2.04 bits per heavy atom. The zero-order valence-corrected chi connectivity index (χ0v) is 15.5. The van der Waals surface area contributed by atoms with Gasteiger partial charge in [-0.15, -0.1) is 11.8 Å². The summed E-state index contributed by atoms with van der Waals surface area (Å²) >= 11 is 1.82. The van der Waals surface area contributed by atoms with E-state index in [0.717, 1.165) is 35.4 Å². The molecule has 0 radical (unpaired) electrons. The average molecular weight is 336 g/mol. The molecule has 0 fully saturated rings. The molecule has 3 nitrogen and oxygen atoms in total. The predicted molar refractivity (Wildman–Crippen MR) is 99.0 cm³/mol. The van der Waals surface area contributed by atoms with Crippen molar-refractivity contribution in [1.29, 1.82) is 0 Å². The van der Waals surface area contributed by atoms with E-state index in [1.54, 1.807) is 6.92 Å². The van der Waals surface area contributed by atoms with Crippen molar-refractivity contribution < 1.29 is 10.2 Å². The van der Waals surface area contributed by atoms with Crippen molar-refractivity contribution >= 4 is 17.5 Å². The first-order valence-corrected chi connectivity index (χ1v) is 9.40. The molecule has 0 aliphatic carbocycles. The van der Waals surface area contributed by atoms with Gasteiger partial charge in [0.2, 0.25) is 0 Å². The standard InChI is InChI=1S/C19H29NO2S/c1-5-6-7-8-14-9-16(22)18-15(20-12-13(2)21)11-19(3,4)23-17(18)10-14/h9-10,13,21-22H,5-8,11-12H2,1-4H3. The highest BCUT2D eigenvalue weighted by Gasteiger charge is 2.32. The summed E-state index contributed by atoms with van der Waals surface area (Å²) in [7, 11) is 0. The Balaban J connectivity index is 2.35. The van der Waals surface area contributed by atoms with Crippen LogP contribution in [0.2, 0.25) is 0 Å². The summed E-state index contributed by atoms with van der Waals surface area (Å²) in [5, 5.41) is 20.1. The first-order valence-electron chi connectivity index (χ1n) is 8.59. The molecule has 128 valence electrons. The van der Waals surface area contributed by atoms with E-state index in [9.17, 15) is 10.2 Å². The SMILES string of the molecule is CCCCCc1cc(O)c2c(c1)SC(C)(C)CC2=NCC(C)O. The lowest BCUT2D eigenvalue weighted by molar-refractivity contribution is 0.204. The van der Waals surface area contributed by atoms with E-state index in [4.69, 9.17) is 0 Å². The van der Waals surface area contributed by atoms with Crippen LogP contribution < -0.4 is 0 Å². The van der Waals surface area contributed by atoms with Crippen LogP contribution in [-0.4, -0.2) is 33.3 Å². The van der Waals surface area contributed by atoms with Crippen LogP contribution in [0.1, 0.15) is 64.5 Å². The maximum Gasteiger partial charge on any atom is 0.126 e. The molecular weight excluding hydrogens is 306 g/mol. The lowest BCUT2D eigenvalue weighted by Crippen LogP contribution is -2.27. The van der Waals surface area contributed by atoms with Crippen molar-refractivity contribution in [2.45, 2.75) is 75.5 Å². The number of benzene rings is 1.